The molecule has 12 heavy (non-hydrogen) atoms. The Bertz CT molecular complexity index is 113. The van der Waals surface area contributed by atoms with Crippen molar-refractivity contribution in [1.29, 1.82) is 0 Å². The fourth-order valence-electron chi connectivity index (χ4n) is 1.14. The van der Waals surface area contributed by atoms with Crippen molar-refractivity contribution in [2.45, 2.75) is 45.4 Å². The molecule has 0 radical (unpaired) electrons. The lowest BCUT2D eigenvalue weighted by atomic mass is 10.1. The van der Waals surface area contributed by atoms with E-state index in [-0.39, 0.29) is 0 Å². The maximum atomic E-state index is 5.12. The number of rotatable bonds is 8. The third kappa shape index (κ3) is 9.52. The fourth-order valence-corrected chi connectivity index (χ4v) is 1.14. The highest BCUT2D eigenvalue weighted by Crippen LogP contribution is 2.00. The molecule has 70 valence electrons. The molecule has 0 bridgehead atoms. The van der Waals surface area contributed by atoms with E-state index in [1.165, 1.54) is 32.1 Å². The first-order chi connectivity index (χ1) is 5.91. The van der Waals surface area contributed by atoms with Gasteiger partial charge in [-0.05, 0) is 13.0 Å². The summed E-state index contributed by atoms with van der Waals surface area (Å²) in [5, 5.41) is 3.32. The monoisotopic (exact) mass is 167 g/mol. The second-order valence-corrected chi connectivity index (χ2v) is 3.12. The second kappa shape index (κ2) is 10.5. The summed E-state index contributed by atoms with van der Waals surface area (Å²) in [4.78, 5) is 0. The van der Waals surface area contributed by atoms with Crippen LogP contribution >= 0.6 is 0 Å². The summed E-state index contributed by atoms with van der Waals surface area (Å²) in [7, 11) is 0. The molecule has 0 saturated carbocycles. The van der Waals surface area contributed by atoms with Crippen molar-refractivity contribution in [3.63, 3.8) is 0 Å². The zero-order valence-corrected chi connectivity index (χ0v) is 8.23. The van der Waals surface area contributed by atoms with Gasteiger partial charge in [-0.2, -0.15) is 0 Å². The third-order valence-corrected chi connectivity index (χ3v) is 1.90. The molecular formula is C11H21N. The Morgan fingerprint density at radius 1 is 1.08 bits per heavy atom. The molecule has 0 aromatic heterocycles. The molecule has 0 saturated heterocycles. The van der Waals surface area contributed by atoms with E-state index >= 15 is 0 Å². The maximum absolute atomic E-state index is 5.12. The molecular weight excluding hydrogens is 146 g/mol. The largest absolute Gasteiger partial charge is 0.316 e. The molecule has 0 unspecified atom stereocenters. The van der Waals surface area contributed by atoms with Crippen molar-refractivity contribution in [1.82, 2.24) is 5.32 Å². The van der Waals surface area contributed by atoms with Crippen molar-refractivity contribution in [3.05, 3.63) is 0 Å². The van der Waals surface area contributed by atoms with Crippen LogP contribution in [0.2, 0.25) is 0 Å². The molecule has 0 amide bonds. The molecule has 1 heteroatoms. The molecule has 1 N–H and O–H groups in total. The second-order valence-electron chi connectivity index (χ2n) is 3.12. The summed E-state index contributed by atoms with van der Waals surface area (Å²) < 4.78 is 0. The van der Waals surface area contributed by atoms with Gasteiger partial charge in [0, 0.05) is 13.0 Å². The topological polar surface area (TPSA) is 12.0 Å². The first-order valence-corrected chi connectivity index (χ1v) is 5.06. The molecule has 0 fully saturated rings. The number of terminal acetylenes is 1. The molecule has 0 atom stereocenters. The summed E-state index contributed by atoms with van der Waals surface area (Å²) >= 11 is 0. The van der Waals surface area contributed by atoms with Crippen LogP contribution in [0.1, 0.15) is 45.4 Å². The zero-order chi connectivity index (χ0) is 9.07. The van der Waals surface area contributed by atoms with Gasteiger partial charge in [-0.15, -0.1) is 12.3 Å². The van der Waals surface area contributed by atoms with Crippen molar-refractivity contribution in [3.8, 4) is 12.3 Å². The van der Waals surface area contributed by atoms with Gasteiger partial charge in [-0.3, -0.25) is 0 Å². The van der Waals surface area contributed by atoms with Crippen molar-refractivity contribution >= 4 is 0 Å². The van der Waals surface area contributed by atoms with Gasteiger partial charge in [0.1, 0.15) is 0 Å². The smallest absolute Gasteiger partial charge is 0.0211 e. The van der Waals surface area contributed by atoms with Crippen LogP contribution < -0.4 is 5.32 Å². The van der Waals surface area contributed by atoms with E-state index in [0.717, 1.165) is 19.5 Å². The Morgan fingerprint density at radius 2 is 1.83 bits per heavy atom. The molecule has 0 aliphatic rings. The zero-order valence-electron chi connectivity index (χ0n) is 8.23. The predicted octanol–water partition coefficient (Wildman–Crippen LogP) is 2.57. The Balaban J connectivity index is 2.78. The molecule has 0 aliphatic heterocycles. The van der Waals surface area contributed by atoms with Gasteiger partial charge in [-0.1, -0.05) is 32.6 Å². The van der Waals surface area contributed by atoms with E-state index in [2.05, 4.69) is 18.2 Å². The molecule has 0 aromatic rings. The third-order valence-electron chi connectivity index (χ3n) is 1.90. The minimum atomic E-state index is 0.856. The first-order valence-electron chi connectivity index (χ1n) is 5.06. The van der Waals surface area contributed by atoms with Gasteiger partial charge in [0.05, 0.1) is 0 Å². The minimum Gasteiger partial charge on any atom is -0.316 e. The van der Waals surface area contributed by atoms with Gasteiger partial charge in [0.25, 0.3) is 0 Å². The van der Waals surface area contributed by atoms with Crippen LogP contribution in [0.4, 0.5) is 0 Å². The Hall–Kier alpha value is -0.480. The number of hydrogen-bond acceptors (Lipinski definition) is 1. The normalized spacial score (nSPS) is 9.67. The van der Waals surface area contributed by atoms with Crippen molar-refractivity contribution in [2.75, 3.05) is 13.1 Å². The van der Waals surface area contributed by atoms with Crippen LogP contribution in [0.3, 0.4) is 0 Å². The number of nitrogens with one attached hydrogen (secondary N) is 1. The highest BCUT2D eigenvalue weighted by molar-refractivity contribution is 4.83. The summed E-state index contributed by atoms with van der Waals surface area (Å²) in [5.41, 5.74) is 0. The van der Waals surface area contributed by atoms with Crippen LogP contribution in [-0.4, -0.2) is 13.1 Å². The highest BCUT2D eigenvalue weighted by Gasteiger charge is 1.88. The van der Waals surface area contributed by atoms with Gasteiger partial charge in [-0.25, -0.2) is 0 Å². The number of unbranched alkanes of at least 4 members (excludes halogenated alkanes) is 4. The lowest BCUT2D eigenvalue weighted by Crippen LogP contribution is -2.15. The van der Waals surface area contributed by atoms with Crippen LogP contribution in [0.5, 0.6) is 0 Å². The average molecular weight is 167 g/mol. The SMILES string of the molecule is C#CCCNCCCCCCC. The molecule has 0 aromatic carbocycles. The van der Waals surface area contributed by atoms with Crippen molar-refractivity contribution in [2.24, 2.45) is 0 Å². The Labute approximate surface area is 76.9 Å². The standard InChI is InChI=1S/C11H21N/c1-3-5-7-8-9-11-12-10-6-4-2/h2,12H,3,5-11H2,1H3. The first kappa shape index (κ1) is 11.5. The van der Waals surface area contributed by atoms with Gasteiger partial charge >= 0.3 is 0 Å². The van der Waals surface area contributed by atoms with E-state index < -0.39 is 0 Å². The summed E-state index contributed by atoms with van der Waals surface area (Å²) in [6.45, 7) is 4.35. The summed E-state index contributed by atoms with van der Waals surface area (Å²) in [6, 6.07) is 0. The maximum Gasteiger partial charge on any atom is 0.0211 e. The van der Waals surface area contributed by atoms with Crippen LogP contribution in [0.15, 0.2) is 0 Å². The van der Waals surface area contributed by atoms with Crippen LogP contribution in [0, 0.1) is 12.3 Å². The van der Waals surface area contributed by atoms with E-state index in [1.807, 2.05) is 0 Å². The molecule has 0 rings (SSSR count). The molecule has 0 spiro atoms. The van der Waals surface area contributed by atoms with E-state index in [0.29, 0.717) is 0 Å². The molecule has 1 nitrogen and oxygen atoms in total. The van der Waals surface area contributed by atoms with E-state index in [1.54, 1.807) is 0 Å². The Kier molecular flexibility index (Phi) is 10.1. The van der Waals surface area contributed by atoms with E-state index in [9.17, 15) is 0 Å². The van der Waals surface area contributed by atoms with Crippen LogP contribution in [0.25, 0.3) is 0 Å². The summed E-state index contributed by atoms with van der Waals surface area (Å²) in [5.74, 6) is 2.62. The number of hydrogen-bond donors (Lipinski definition) is 1. The van der Waals surface area contributed by atoms with Gasteiger partial charge in [0.15, 0.2) is 0 Å². The predicted molar refractivity (Wildman–Crippen MR) is 55.1 cm³/mol. The Morgan fingerprint density at radius 3 is 2.50 bits per heavy atom. The van der Waals surface area contributed by atoms with Crippen molar-refractivity contribution < 1.29 is 0 Å². The highest BCUT2D eigenvalue weighted by atomic mass is 14.8. The van der Waals surface area contributed by atoms with Gasteiger partial charge in [0.2, 0.25) is 0 Å². The summed E-state index contributed by atoms with van der Waals surface area (Å²) in [6.07, 6.45) is 12.7. The average Bonchev–Trinajstić information content (AvgIpc) is 2.10. The lowest BCUT2D eigenvalue weighted by Gasteiger charge is -2.01. The lowest BCUT2D eigenvalue weighted by molar-refractivity contribution is 0.588. The minimum absolute atomic E-state index is 0.856. The van der Waals surface area contributed by atoms with Crippen LogP contribution in [-0.2, 0) is 0 Å². The quantitative estimate of drug-likeness (QED) is 0.433. The fraction of sp³-hybridized carbons (Fsp3) is 0.818. The molecule has 0 aliphatic carbocycles. The molecule has 0 heterocycles. The van der Waals surface area contributed by atoms with Gasteiger partial charge < -0.3 is 5.32 Å². The van der Waals surface area contributed by atoms with E-state index in [4.69, 9.17) is 6.42 Å².